The molecule has 0 atom stereocenters. The van der Waals surface area contributed by atoms with Crippen LogP contribution in [0.4, 0.5) is 20.6 Å². The van der Waals surface area contributed by atoms with Crippen molar-refractivity contribution in [1.82, 2.24) is 9.38 Å². The Kier molecular flexibility index (Phi) is 5.61. The number of pyridine rings is 1. The summed E-state index contributed by atoms with van der Waals surface area (Å²) in [5, 5.41) is 5.10. The maximum atomic E-state index is 13.7. The maximum Gasteiger partial charge on any atom is 0.323 e. The molecule has 0 aliphatic heterocycles. The minimum Gasteiger partial charge on any atom is -0.485 e. The van der Waals surface area contributed by atoms with Crippen molar-refractivity contribution in [2.24, 2.45) is 0 Å². The van der Waals surface area contributed by atoms with Crippen molar-refractivity contribution in [2.45, 2.75) is 13.5 Å². The second-order valence-corrected chi connectivity index (χ2v) is 6.86. The molecule has 2 aromatic heterocycles. The number of urea groups is 1. The number of aryl methyl sites for hydroxylation is 1. The lowest BCUT2D eigenvalue weighted by Gasteiger charge is -2.13. The fourth-order valence-electron chi connectivity index (χ4n) is 3.02. The van der Waals surface area contributed by atoms with Gasteiger partial charge in [0.15, 0.2) is 0 Å². The third kappa shape index (κ3) is 4.69. The van der Waals surface area contributed by atoms with Gasteiger partial charge >= 0.3 is 6.03 Å². The van der Waals surface area contributed by atoms with Crippen molar-refractivity contribution in [3.8, 4) is 5.75 Å². The number of hydrogen-bond acceptors (Lipinski definition) is 4. The Labute approximate surface area is 177 Å². The summed E-state index contributed by atoms with van der Waals surface area (Å²) in [5.41, 5.74) is 2.18. The van der Waals surface area contributed by atoms with Gasteiger partial charge in [0.2, 0.25) is 0 Å². The van der Waals surface area contributed by atoms with Gasteiger partial charge in [-0.05, 0) is 42.8 Å². The fourth-order valence-corrected chi connectivity index (χ4v) is 3.02. The van der Waals surface area contributed by atoms with Gasteiger partial charge < -0.3 is 15.4 Å². The molecule has 0 bridgehead atoms. The lowest BCUT2D eigenvalue weighted by atomic mass is 10.3. The quantitative estimate of drug-likeness (QED) is 0.504. The molecule has 0 spiro atoms. The second-order valence-electron chi connectivity index (χ2n) is 6.86. The van der Waals surface area contributed by atoms with Crippen LogP contribution in [0, 0.1) is 12.7 Å². The predicted octanol–water partition coefficient (Wildman–Crippen LogP) is 4.37. The number of rotatable bonds is 5. The number of anilines is 2. The summed E-state index contributed by atoms with van der Waals surface area (Å²) in [6.07, 6.45) is 1.72. The third-order valence-electron chi connectivity index (χ3n) is 4.49. The summed E-state index contributed by atoms with van der Waals surface area (Å²) in [7, 11) is 0. The van der Waals surface area contributed by atoms with E-state index < -0.39 is 11.8 Å². The molecule has 2 amide bonds. The van der Waals surface area contributed by atoms with Crippen LogP contribution in [0.15, 0.2) is 77.7 Å². The Morgan fingerprint density at radius 2 is 1.74 bits per heavy atom. The van der Waals surface area contributed by atoms with Crippen LogP contribution in [-0.4, -0.2) is 15.4 Å². The number of ether oxygens (including phenoxy) is 1. The molecule has 0 radical (unpaired) electrons. The first-order chi connectivity index (χ1) is 15.0. The highest BCUT2D eigenvalue weighted by Gasteiger charge is 2.11. The van der Waals surface area contributed by atoms with E-state index in [4.69, 9.17) is 4.74 Å². The Hall–Kier alpha value is -4.20. The van der Waals surface area contributed by atoms with Crippen LogP contribution < -0.4 is 20.9 Å². The number of nitrogens with zero attached hydrogens (tertiary/aromatic N) is 2. The number of nitrogens with one attached hydrogen (secondary N) is 2. The number of halogens is 1. The van der Waals surface area contributed by atoms with Gasteiger partial charge in [0, 0.05) is 12.3 Å². The van der Waals surface area contributed by atoms with Crippen LogP contribution in [0.5, 0.6) is 5.75 Å². The van der Waals surface area contributed by atoms with Crippen molar-refractivity contribution >= 4 is 23.1 Å². The zero-order valence-electron chi connectivity index (χ0n) is 16.6. The van der Waals surface area contributed by atoms with Crippen LogP contribution >= 0.6 is 0 Å². The van der Waals surface area contributed by atoms with Crippen molar-refractivity contribution in [2.75, 3.05) is 10.6 Å². The first kappa shape index (κ1) is 20.1. The number of aromatic nitrogens is 2. The van der Waals surface area contributed by atoms with E-state index in [0.717, 1.165) is 5.56 Å². The highest BCUT2D eigenvalue weighted by Crippen LogP contribution is 2.25. The normalized spacial score (nSPS) is 10.6. The van der Waals surface area contributed by atoms with E-state index in [9.17, 15) is 14.0 Å². The molecule has 0 unspecified atom stereocenters. The second kappa shape index (κ2) is 8.66. The average Bonchev–Trinajstić information content (AvgIpc) is 2.75. The standard InChI is InChI=1S/C23H19FN4O3/c1-15-10-11-21-25-16(12-22(29)28(21)13-15)14-31-20-9-5-4-8-19(20)27-23(30)26-18-7-3-2-6-17(18)24/h2-13H,14H2,1H3,(H2,26,27,30). The van der Waals surface area contributed by atoms with E-state index in [1.54, 1.807) is 42.6 Å². The van der Waals surface area contributed by atoms with E-state index in [-0.39, 0.29) is 17.9 Å². The number of carbonyl (C=O) groups is 1. The summed E-state index contributed by atoms with van der Waals surface area (Å²) in [5.74, 6) is -0.150. The van der Waals surface area contributed by atoms with E-state index >= 15 is 0 Å². The zero-order chi connectivity index (χ0) is 21.8. The van der Waals surface area contributed by atoms with E-state index in [0.29, 0.717) is 22.8 Å². The van der Waals surface area contributed by atoms with Crippen LogP contribution in [0.3, 0.4) is 0 Å². The number of carbonyl (C=O) groups excluding carboxylic acids is 1. The molecule has 0 saturated carbocycles. The Morgan fingerprint density at radius 1 is 1.03 bits per heavy atom. The molecule has 0 aliphatic carbocycles. The third-order valence-corrected chi connectivity index (χ3v) is 4.49. The Bertz CT molecular complexity index is 1320. The molecule has 0 saturated heterocycles. The first-order valence-corrected chi connectivity index (χ1v) is 9.53. The van der Waals surface area contributed by atoms with E-state index in [2.05, 4.69) is 15.6 Å². The molecule has 4 rings (SSSR count). The maximum absolute atomic E-state index is 13.7. The molecule has 8 heteroatoms. The lowest BCUT2D eigenvalue weighted by Crippen LogP contribution is -2.20. The van der Waals surface area contributed by atoms with E-state index in [1.165, 1.54) is 28.7 Å². The van der Waals surface area contributed by atoms with Gasteiger partial charge in [-0.25, -0.2) is 14.2 Å². The molecule has 0 aliphatic rings. The Balaban J connectivity index is 1.48. The highest BCUT2D eigenvalue weighted by atomic mass is 19.1. The number of hydrogen-bond donors (Lipinski definition) is 2. The molecular formula is C23H19FN4O3. The predicted molar refractivity (Wildman–Crippen MR) is 116 cm³/mol. The molecular weight excluding hydrogens is 399 g/mol. The summed E-state index contributed by atoms with van der Waals surface area (Å²) in [6.45, 7) is 1.93. The van der Waals surface area contributed by atoms with Gasteiger partial charge in [0.25, 0.3) is 5.56 Å². The van der Waals surface area contributed by atoms with Crippen molar-refractivity contribution in [1.29, 1.82) is 0 Å². The zero-order valence-corrected chi connectivity index (χ0v) is 16.6. The average molecular weight is 418 g/mol. The molecule has 156 valence electrons. The van der Waals surface area contributed by atoms with Gasteiger partial charge in [-0.15, -0.1) is 0 Å². The minimum atomic E-state index is -0.612. The molecule has 31 heavy (non-hydrogen) atoms. The van der Waals surface area contributed by atoms with Gasteiger partial charge in [-0.3, -0.25) is 9.20 Å². The number of fused-ring (bicyclic) bond motifs is 1. The summed E-state index contributed by atoms with van der Waals surface area (Å²) in [4.78, 5) is 29.1. The van der Waals surface area contributed by atoms with Crippen LogP contribution in [0.25, 0.3) is 5.65 Å². The minimum absolute atomic E-state index is 0.0350. The largest absolute Gasteiger partial charge is 0.485 e. The molecule has 7 nitrogen and oxygen atoms in total. The summed E-state index contributed by atoms with van der Waals surface area (Å²) < 4.78 is 21.0. The smallest absolute Gasteiger partial charge is 0.323 e. The first-order valence-electron chi connectivity index (χ1n) is 9.53. The molecule has 4 aromatic rings. The molecule has 2 heterocycles. The Morgan fingerprint density at radius 3 is 2.55 bits per heavy atom. The topological polar surface area (TPSA) is 84.7 Å². The number of benzene rings is 2. The molecule has 0 fully saturated rings. The van der Waals surface area contributed by atoms with E-state index in [1.807, 2.05) is 13.0 Å². The molecule has 2 N–H and O–H groups in total. The van der Waals surface area contributed by atoms with Crippen LogP contribution in [-0.2, 0) is 6.61 Å². The summed E-state index contributed by atoms with van der Waals surface area (Å²) in [6, 6.07) is 17.1. The fraction of sp³-hybridized carbons (Fsp3) is 0.0870. The summed E-state index contributed by atoms with van der Waals surface area (Å²) >= 11 is 0. The van der Waals surface area contributed by atoms with Crippen LogP contribution in [0.1, 0.15) is 11.3 Å². The van der Waals surface area contributed by atoms with Crippen molar-refractivity contribution in [3.05, 3.63) is 100 Å². The SMILES string of the molecule is Cc1ccc2nc(COc3ccccc3NC(=O)Nc3ccccc3F)cc(=O)n2c1. The van der Waals surface area contributed by atoms with Crippen LogP contribution in [0.2, 0.25) is 0 Å². The number of amides is 2. The van der Waals surface area contributed by atoms with Crippen molar-refractivity contribution < 1.29 is 13.9 Å². The molecule has 2 aromatic carbocycles. The highest BCUT2D eigenvalue weighted by molar-refractivity contribution is 6.00. The lowest BCUT2D eigenvalue weighted by molar-refractivity contribution is 0.261. The monoisotopic (exact) mass is 418 g/mol. The van der Waals surface area contributed by atoms with Gasteiger partial charge in [0.1, 0.15) is 23.8 Å². The van der Waals surface area contributed by atoms with Crippen molar-refractivity contribution in [3.63, 3.8) is 0 Å². The van der Waals surface area contributed by atoms with Gasteiger partial charge in [-0.1, -0.05) is 30.3 Å². The number of para-hydroxylation sites is 3. The van der Waals surface area contributed by atoms with Gasteiger partial charge in [0.05, 0.1) is 17.1 Å². The van der Waals surface area contributed by atoms with Gasteiger partial charge in [-0.2, -0.15) is 0 Å².